The van der Waals surface area contributed by atoms with Gasteiger partial charge in [0.05, 0.1) is 24.6 Å². The van der Waals surface area contributed by atoms with E-state index in [1.807, 2.05) is 6.07 Å². The van der Waals surface area contributed by atoms with Crippen molar-refractivity contribution >= 4 is 30.0 Å². The standard InChI is InChI=1S/C18H20BN5O4/c20-8-12-3-5-27-10-16(12)24-9-14(17(21)25)18(23-24)22-13-1-2-15-11(7-13)4-6-28-19(15)26/h1-2,7,9,12,16,26H,3-6,10H2,(H2,21,25)(H,22,23). The molecule has 144 valence electrons. The number of nitriles is 1. The third kappa shape index (κ3) is 3.47. The highest BCUT2D eigenvalue weighted by atomic mass is 16.5. The molecule has 2 atom stereocenters. The van der Waals surface area contributed by atoms with Crippen LogP contribution in [0.1, 0.15) is 28.4 Å². The lowest BCUT2D eigenvalue weighted by Crippen LogP contribution is -2.41. The Morgan fingerprint density at radius 1 is 1.46 bits per heavy atom. The van der Waals surface area contributed by atoms with Gasteiger partial charge in [0.1, 0.15) is 5.56 Å². The minimum absolute atomic E-state index is 0.239. The first-order valence-electron chi connectivity index (χ1n) is 9.12. The molecular formula is C18H20BN5O4. The van der Waals surface area contributed by atoms with Gasteiger partial charge in [-0.3, -0.25) is 9.48 Å². The second kappa shape index (κ2) is 7.63. The van der Waals surface area contributed by atoms with Crippen molar-refractivity contribution in [1.29, 1.82) is 5.26 Å². The van der Waals surface area contributed by atoms with Gasteiger partial charge in [-0.1, -0.05) is 6.07 Å². The number of hydrogen-bond acceptors (Lipinski definition) is 7. The van der Waals surface area contributed by atoms with Crippen LogP contribution < -0.4 is 16.5 Å². The van der Waals surface area contributed by atoms with Gasteiger partial charge in [0.25, 0.3) is 5.91 Å². The summed E-state index contributed by atoms with van der Waals surface area (Å²) in [4.78, 5) is 11.9. The molecule has 0 bridgehead atoms. The van der Waals surface area contributed by atoms with Crippen molar-refractivity contribution < 1.29 is 19.2 Å². The molecule has 0 aliphatic carbocycles. The Hall–Kier alpha value is -2.87. The summed E-state index contributed by atoms with van der Waals surface area (Å²) in [6.45, 7) is 1.33. The van der Waals surface area contributed by atoms with Crippen LogP contribution >= 0.6 is 0 Å². The first-order chi connectivity index (χ1) is 13.6. The Bertz CT molecular complexity index is 941. The summed E-state index contributed by atoms with van der Waals surface area (Å²) in [6, 6.07) is 7.47. The number of hydrogen-bond donors (Lipinski definition) is 3. The predicted molar refractivity (Wildman–Crippen MR) is 101 cm³/mol. The summed E-state index contributed by atoms with van der Waals surface area (Å²) in [5.41, 5.74) is 8.19. The Labute approximate surface area is 162 Å². The zero-order chi connectivity index (χ0) is 19.7. The van der Waals surface area contributed by atoms with Crippen molar-refractivity contribution in [3.05, 3.63) is 35.5 Å². The summed E-state index contributed by atoms with van der Waals surface area (Å²) in [5.74, 6) is -0.532. The van der Waals surface area contributed by atoms with Crippen LogP contribution in [0.25, 0.3) is 0 Å². The first kappa shape index (κ1) is 18.5. The highest BCUT2D eigenvalue weighted by molar-refractivity contribution is 6.60. The van der Waals surface area contributed by atoms with Crippen LogP contribution in [0.15, 0.2) is 24.4 Å². The van der Waals surface area contributed by atoms with Gasteiger partial charge in [-0.15, -0.1) is 0 Å². The SMILES string of the molecule is N#CC1CCOCC1n1cc(C(N)=O)c(Nc2ccc3c(c2)CCOB3O)n1. The Kier molecular flexibility index (Phi) is 5.04. The van der Waals surface area contributed by atoms with E-state index in [9.17, 15) is 15.1 Å². The van der Waals surface area contributed by atoms with Crippen LogP contribution in [0.4, 0.5) is 11.5 Å². The second-order valence-electron chi connectivity index (χ2n) is 6.91. The zero-order valence-corrected chi connectivity index (χ0v) is 15.2. The molecular weight excluding hydrogens is 361 g/mol. The first-order valence-corrected chi connectivity index (χ1v) is 9.12. The monoisotopic (exact) mass is 381 g/mol. The van der Waals surface area contributed by atoms with Crippen molar-refractivity contribution in [3.63, 3.8) is 0 Å². The van der Waals surface area contributed by atoms with Crippen molar-refractivity contribution in [2.75, 3.05) is 25.1 Å². The molecule has 0 radical (unpaired) electrons. The number of carbonyl (C=O) groups is 1. The van der Waals surface area contributed by atoms with Gasteiger partial charge in [-0.05, 0) is 36.0 Å². The summed E-state index contributed by atoms with van der Waals surface area (Å²) in [6.07, 6.45) is 2.86. The van der Waals surface area contributed by atoms with Crippen LogP contribution in [-0.4, -0.2) is 47.7 Å². The number of amides is 1. The van der Waals surface area contributed by atoms with Crippen LogP contribution in [0.3, 0.4) is 0 Å². The van der Waals surface area contributed by atoms with Gasteiger partial charge in [0.2, 0.25) is 0 Å². The normalized spacial score (nSPS) is 21.6. The average Bonchev–Trinajstić information content (AvgIpc) is 3.12. The molecule has 10 heteroatoms. The van der Waals surface area contributed by atoms with Crippen molar-refractivity contribution in [2.24, 2.45) is 11.7 Å². The van der Waals surface area contributed by atoms with E-state index >= 15 is 0 Å². The topological polar surface area (TPSA) is 135 Å². The Balaban J connectivity index is 1.63. The maximum Gasteiger partial charge on any atom is 0.491 e. The van der Waals surface area contributed by atoms with Gasteiger partial charge in [0.15, 0.2) is 5.82 Å². The minimum atomic E-state index is -0.924. The number of nitrogens with one attached hydrogen (secondary N) is 1. The number of nitrogens with two attached hydrogens (primary N) is 1. The molecule has 2 aliphatic rings. The van der Waals surface area contributed by atoms with Crippen LogP contribution in [0.5, 0.6) is 0 Å². The van der Waals surface area contributed by atoms with Crippen molar-refractivity contribution in [3.8, 4) is 6.07 Å². The largest absolute Gasteiger partial charge is 0.491 e. The number of aromatic nitrogens is 2. The number of anilines is 2. The highest BCUT2D eigenvalue weighted by Gasteiger charge is 2.30. The van der Waals surface area contributed by atoms with Crippen LogP contribution in [0.2, 0.25) is 0 Å². The van der Waals surface area contributed by atoms with Gasteiger partial charge < -0.3 is 25.5 Å². The van der Waals surface area contributed by atoms with Crippen LogP contribution in [-0.2, 0) is 15.8 Å². The third-order valence-corrected chi connectivity index (χ3v) is 5.15. The van der Waals surface area contributed by atoms with E-state index in [1.165, 1.54) is 0 Å². The molecule has 1 saturated heterocycles. The molecule has 2 aromatic rings. The Morgan fingerprint density at radius 2 is 2.32 bits per heavy atom. The van der Waals surface area contributed by atoms with E-state index in [1.54, 1.807) is 23.0 Å². The highest BCUT2D eigenvalue weighted by Crippen LogP contribution is 2.28. The predicted octanol–water partition coefficient (Wildman–Crippen LogP) is 0.0870. The Morgan fingerprint density at radius 3 is 3.11 bits per heavy atom. The van der Waals surface area contributed by atoms with Gasteiger partial charge in [-0.2, -0.15) is 10.4 Å². The summed E-state index contributed by atoms with van der Waals surface area (Å²) in [5, 5.41) is 26.9. The van der Waals surface area contributed by atoms with E-state index in [0.717, 1.165) is 16.7 Å². The summed E-state index contributed by atoms with van der Waals surface area (Å²) >= 11 is 0. The van der Waals surface area contributed by atoms with E-state index in [2.05, 4.69) is 16.5 Å². The molecule has 0 spiro atoms. The average molecular weight is 381 g/mol. The quantitative estimate of drug-likeness (QED) is 0.639. The van der Waals surface area contributed by atoms with E-state index < -0.39 is 13.0 Å². The zero-order valence-electron chi connectivity index (χ0n) is 15.2. The number of carbonyl (C=O) groups excluding carboxylic acids is 1. The molecule has 2 aliphatic heterocycles. The smallest absolute Gasteiger partial charge is 0.423 e. The third-order valence-electron chi connectivity index (χ3n) is 5.15. The number of primary amides is 1. The molecule has 1 fully saturated rings. The number of fused-ring (bicyclic) bond motifs is 1. The lowest BCUT2D eigenvalue weighted by Gasteiger charge is -2.26. The molecule has 28 heavy (non-hydrogen) atoms. The molecule has 1 aromatic heterocycles. The fourth-order valence-electron chi connectivity index (χ4n) is 3.62. The number of benzene rings is 1. The lowest BCUT2D eigenvalue weighted by atomic mass is 9.73. The van der Waals surface area contributed by atoms with Crippen molar-refractivity contribution in [2.45, 2.75) is 18.9 Å². The van der Waals surface area contributed by atoms with E-state index in [0.29, 0.717) is 38.5 Å². The maximum absolute atomic E-state index is 11.9. The molecule has 1 aromatic carbocycles. The molecule has 9 nitrogen and oxygen atoms in total. The number of rotatable bonds is 4. The maximum atomic E-state index is 11.9. The summed E-state index contributed by atoms with van der Waals surface area (Å²) in [7, 11) is -0.924. The van der Waals surface area contributed by atoms with Crippen molar-refractivity contribution in [1.82, 2.24) is 9.78 Å². The molecule has 0 saturated carbocycles. The van der Waals surface area contributed by atoms with Crippen LogP contribution in [0, 0.1) is 17.2 Å². The summed E-state index contributed by atoms with van der Waals surface area (Å²) < 4.78 is 12.3. The second-order valence-corrected chi connectivity index (χ2v) is 6.91. The number of nitrogens with zero attached hydrogens (tertiary/aromatic N) is 3. The molecule has 4 N–H and O–H groups in total. The minimum Gasteiger partial charge on any atom is -0.423 e. The van der Waals surface area contributed by atoms with E-state index in [-0.39, 0.29) is 17.5 Å². The van der Waals surface area contributed by atoms with Gasteiger partial charge in [0, 0.05) is 25.1 Å². The van der Waals surface area contributed by atoms with E-state index in [4.69, 9.17) is 15.1 Å². The molecule has 3 heterocycles. The molecule has 4 rings (SSSR count). The van der Waals surface area contributed by atoms with Gasteiger partial charge in [-0.25, -0.2) is 0 Å². The molecule has 2 unspecified atom stereocenters. The lowest BCUT2D eigenvalue weighted by molar-refractivity contribution is 0.0342. The fourth-order valence-corrected chi connectivity index (χ4v) is 3.62. The molecule has 1 amide bonds. The number of ether oxygens (including phenoxy) is 1. The fraction of sp³-hybridized carbons (Fsp3) is 0.389. The van der Waals surface area contributed by atoms with Gasteiger partial charge >= 0.3 is 7.12 Å².